The van der Waals surface area contributed by atoms with E-state index in [1.165, 1.54) is 4.90 Å². The number of para-hydroxylation sites is 1. The fourth-order valence-corrected chi connectivity index (χ4v) is 2.22. The summed E-state index contributed by atoms with van der Waals surface area (Å²) < 4.78 is 1.84. The first-order valence-corrected chi connectivity index (χ1v) is 6.54. The molecule has 1 heterocycles. The molecule has 5 nitrogen and oxygen atoms in total. The first kappa shape index (κ1) is 14.1. The van der Waals surface area contributed by atoms with Crippen molar-refractivity contribution in [1.29, 1.82) is 0 Å². The zero-order valence-electron chi connectivity index (χ0n) is 11.6. The van der Waals surface area contributed by atoms with Gasteiger partial charge in [0.1, 0.15) is 13.1 Å². The van der Waals surface area contributed by atoms with Gasteiger partial charge in [-0.25, -0.2) is 0 Å². The van der Waals surface area contributed by atoms with Crippen molar-refractivity contribution < 1.29 is 14.7 Å². The van der Waals surface area contributed by atoms with Gasteiger partial charge < -0.3 is 14.6 Å². The lowest BCUT2D eigenvalue weighted by Gasteiger charge is -2.25. The Bertz CT molecular complexity index is 631. The Morgan fingerprint density at radius 1 is 1.25 bits per heavy atom. The van der Waals surface area contributed by atoms with Gasteiger partial charge in [0, 0.05) is 17.8 Å². The Morgan fingerprint density at radius 3 is 2.60 bits per heavy atom. The minimum atomic E-state index is -0.996. The molecule has 1 aromatic carbocycles. The minimum absolute atomic E-state index is 0.138. The van der Waals surface area contributed by atoms with Gasteiger partial charge in [0.15, 0.2) is 0 Å². The predicted molar refractivity (Wildman–Crippen MR) is 76.4 cm³/mol. The van der Waals surface area contributed by atoms with E-state index in [4.69, 9.17) is 5.11 Å². The first-order valence-electron chi connectivity index (χ1n) is 6.54. The summed E-state index contributed by atoms with van der Waals surface area (Å²) in [6.07, 6.45) is 1.85. The summed E-state index contributed by atoms with van der Waals surface area (Å²) in [7, 11) is 0. The van der Waals surface area contributed by atoms with Gasteiger partial charge in [0.05, 0.1) is 0 Å². The number of rotatable bonds is 5. The Morgan fingerprint density at radius 2 is 1.95 bits per heavy atom. The van der Waals surface area contributed by atoms with Crippen molar-refractivity contribution in [2.24, 2.45) is 0 Å². The van der Waals surface area contributed by atoms with Crippen LogP contribution in [0.25, 0.3) is 10.9 Å². The van der Waals surface area contributed by atoms with E-state index in [2.05, 4.69) is 0 Å². The standard InChI is InChI=1S/C15H18N2O3/c1-11(2)17(10-15(19)20)14(18)9-16-8-7-12-5-3-4-6-13(12)16/h3-8,11H,9-10H2,1-2H3,(H,19,20). The number of hydrogen-bond donors (Lipinski definition) is 1. The quantitative estimate of drug-likeness (QED) is 0.906. The van der Waals surface area contributed by atoms with Gasteiger partial charge in [-0.15, -0.1) is 0 Å². The number of amides is 1. The second kappa shape index (κ2) is 5.77. The van der Waals surface area contributed by atoms with Gasteiger partial charge in [-0.1, -0.05) is 18.2 Å². The van der Waals surface area contributed by atoms with Crippen LogP contribution in [0.1, 0.15) is 13.8 Å². The van der Waals surface area contributed by atoms with Crippen LogP contribution in [0.5, 0.6) is 0 Å². The number of aromatic nitrogens is 1. The maximum atomic E-state index is 12.3. The first-order chi connectivity index (χ1) is 9.49. The van der Waals surface area contributed by atoms with Gasteiger partial charge in [0.25, 0.3) is 0 Å². The molecule has 0 spiro atoms. The molecule has 106 valence electrons. The molecule has 0 bridgehead atoms. The maximum absolute atomic E-state index is 12.3. The van der Waals surface area contributed by atoms with Crippen LogP contribution in [-0.2, 0) is 16.1 Å². The van der Waals surface area contributed by atoms with Crippen LogP contribution in [0.4, 0.5) is 0 Å². The highest BCUT2D eigenvalue weighted by atomic mass is 16.4. The summed E-state index contributed by atoms with van der Waals surface area (Å²) >= 11 is 0. The van der Waals surface area contributed by atoms with Crippen LogP contribution >= 0.6 is 0 Å². The van der Waals surface area contributed by atoms with E-state index in [0.29, 0.717) is 0 Å². The molecule has 0 saturated carbocycles. The molecule has 0 saturated heterocycles. The highest BCUT2D eigenvalue weighted by Gasteiger charge is 2.20. The van der Waals surface area contributed by atoms with E-state index in [-0.39, 0.29) is 25.0 Å². The molecule has 1 amide bonds. The maximum Gasteiger partial charge on any atom is 0.323 e. The number of carboxylic acids is 1. The molecular formula is C15H18N2O3. The van der Waals surface area contributed by atoms with E-state index in [9.17, 15) is 9.59 Å². The fraction of sp³-hybridized carbons (Fsp3) is 0.333. The third-order valence-corrected chi connectivity index (χ3v) is 3.24. The molecular weight excluding hydrogens is 256 g/mol. The molecule has 0 fully saturated rings. The SMILES string of the molecule is CC(C)N(CC(=O)O)C(=O)Cn1ccc2ccccc21. The van der Waals surface area contributed by atoms with Gasteiger partial charge in [0.2, 0.25) is 5.91 Å². The zero-order valence-corrected chi connectivity index (χ0v) is 11.6. The van der Waals surface area contributed by atoms with Crippen LogP contribution < -0.4 is 0 Å². The molecule has 0 aliphatic heterocycles. The molecule has 0 atom stereocenters. The number of carbonyl (C=O) groups is 2. The summed E-state index contributed by atoms with van der Waals surface area (Å²) in [5, 5.41) is 9.94. The molecule has 5 heteroatoms. The summed E-state index contributed by atoms with van der Waals surface area (Å²) in [5.74, 6) is -1.19. The molecule has 2 aromatic rings. The van der Waals surface area contributed by atoms with Crippen molar-refractivity contribution in [3.05, 3.63) is 36.5 Å². The number of aliphatic carboxylic acids is 1. The van der Waals surface area contributed by atoms with Crippen molar-refractivity contribution in [3.8, 4) is 0 Å². The van der Waals surface area contributed by atoms with Crippen molar-refractivity contribution in [2.75, 3.05) is 6.54 Å². The number of hydrogen-bond acceptors (Lipinski definition) is 2. The second-order valence-electron chi connectivity index (χ2n) is 5.01. The van der Waals surface area contributed by atoms with Gasteiger partial charge in [-0.3, -0.25) is 9.59 Å². The lowest BCUT2D eigenvalue weighted by Crippen LogP contribution is -2.42. The molecule has 1 aromatic heterocycles. The Kier molecular flexibility index (Phi) is 4.08. The number of benzene rings is 1. The van der Waals surface area contributed by atoms with Gasteiger partial charge >= 0.3 is 5.97 Å². The van der Waals surface area contributed by atoms with Crippen LogP contribution in [0.3, 0.4) is 0 Å². The third kappa shape index (κ3) is 2.99. The monoisotopic (exact) mass is 274 g/mol. The fourth-order valence-electron chi connectivity index (χ4n) is 2.22. The van der Waals surface area contributed by atoms with E-state index in [1.807, 2.05) is 54.9 Å². The lowest BCUT2D eigenvalue weighted by atomic mass is 10.2. The summed E-state index contributed by atoms with van der Waals surface area (Å²) in [6.45, 7) is 3.51. The molecule has 0 aliphatic rings. The largest absolute Gasteiger partial charge is 0.480 e. The lowest BCUT2D eigenvalue weighted by molar-refractivity contribution is -0.146. The van der Waals surface area contributed by atoms with E-state index in [0.717, 1.165) is 10.9 Å². The van der Waals surface area contributed by atoms with E-state index >= 15 is 0 Å². The Labute approximate surface area is 117 Å². The van der Waals surface area contributed by atoms with Crippen molar-refractivity contribution in [2.45, 2.75) is 26.4 Å². The minimum Gasteiger partial charge on any atom is -0.480 e. The normalized spacial score (nSPS) is 10.9. The van der Waals surface area contributed by atoms with Gasteiger partial charge in [-0.05, 0) is 31.4 Å². The molecule has 1 N–H and O–H groups in total. The summed E-state index contributed by atoms with van der Waals surface area (Å²) in [4.78, 5) is 24.5. The predicted octanol–water partition coefficient (Wildman–Crippen LogP) is 1.96. The zero-order chi connectivity index (χ0) is 14.7. The van der Waals surface area contributed by atoms with Crippen LogP contribution in [0.15, 0.2) is 36.5 Å². The number of nitrogens with zero attached hydrogens (tertiary/aromatic N) is 2. The summed E-state index contributed by atoms with van der Waals surface area (Å²) in [5.41, 5.74) is 0.972. The highest BCUT2D eigenvalue weighted by Crippen LogP contribution is 2.15. The van der Waals surface area contributed by atoms with E-state index in [1.54, 1.807) is 0 Å². The molecule has 20 heavy (non-hydrogen) atoms. The Balaban J connectivity index is 2.19. The average molecular weight is 274 g/mol. The van der Waals surface area contributed by atoms with Crippen LogP contribution in [0.2, 0.25) is 0 Å². The molecule has 0 radical (unpaired) electrons. The molecule has 0 unspecified atom stereocenters. The number of carbonyl (C=O) groups excluding carboxylic acids is 1. The average Bonchev–Trinajstić information content (AvgIpc) is 2.79. The topological polar surface area (TPSA) is 62.5 Å². The van der Waals surface area contributed by atoms with Crippen molar-refractivity contribution >= 4 is 22.8 Å². The van der Waals surface area contributed by atoms with Crippen molar-refractivity contribution in [1.82, 2.24) is 9.47 Å². The van der Waals surface area contributed by atoms with Crippen LogP contribution in [0, 0.1) is 0 Å². The number of carboxylic acid groups (broad SMARTS) is 1. The Hall–Kier alpha value is -2.30. The third-order valence-electron chi connectivity index (χ3n) is 3.24. The van der Waals surface area contributed by atoms with E-state index < -0.39 is 5.97 Å². The molecule has 0 aliphatic carbocycles. The summed E-state index contributed by atoms with van der Waals surface area (Å²) in [6, 6.07) is 9.59. The van der Waals surface area contributed by atoms with Crippen LogP contribution in [-0.4, -0.2) is 39.0 Å². The second-order valence-corrected chi connectivity index (χ2v) is 5.01. The molecule has 2 rings (SSSR count). The highest BCUT2D eigenvalue weighted by molar-refractivity contribution is 5.85. The number of fused-ring (bicyclic) bond motifs is 1. The van der Waals surface area contributed by atoms with Crippen molar-refractivity contribution in [3.63, 3.8) is 0 Å². The van der Waals surface area contributed by atoms with Gasteiger partial charge in [-0.2, -0.15) is 0 Å². The smallest absolute Gasteiger partial charge is 0.323 e.